The number of hydrogen-bond donors (Lipinski definition) is 1. The van der Waals surface area contributed by atoms with E-state index in [4.69, 9.17) is 16.0 Å². The first-order valence-corrected chi connectivity index (χ1v) is 8.57. The van der Waals surface area contributed by atoms with Gasteiger partial charge in [0.25, 0.3) is 0 Å². The van der Waals surface area contributed by atoms with E-state index in [2.05, 4.69) is 42.4 Å². The Kier molecular flexibility index (Phi) is 8.11. The van der Waals surface area contributed by atoms with Crippen LogP contribution in [-0.4, -0.2) is 38.7 Å². The summed E-state index contributed by atoms with van der Waals surface area (Å²) in [6.45, 7) is 2.91. The van der Waals surface area contributed by atoms with Gasteiger partial charge in [-0.3, -0.25) is 0 Å². The topological polar surface area (TPSA) is 25.2 Å². The van der Waals surface area contributed by atoms with Gasteiger partial charge in [0, 0.05) is 28.0 Å². The van der Waals surface area contributed by atoms with Gasteiger partial charge in [0.15, 0.2) is 0 Å². The van der Waals surface area contributed by atoms with Gasteiger partial charge in [-0.05, 0) is 46.3 Å². The predicted octanol–water partition coefficient (Wildman–Crippen LogP) is 1.55. The van der Waals surface area contributed by atoms with E-state index in [1.54, 1.807) is 0 Å². The molecule has 0 atom stereocenters. The Labute approximate surface area is 158 Å². The number of halogens is 3. The molecule has 23 heavy (non-hydrogen) atoms. The molecule has 0 unspecified atom stereocenters. The van der Waals surface area contributed by atoms with E-state index in [0.717, 1.165) is 52.1 Å². The SMILES string of the molecule is C[N+](C)(C)CCCNCc1ccc(-c2ccc(Cl)cc2Br)o1.[Cl-]. The third-order valence-corrected chi connectivity index (χ3v) is 4.23. The molecule has 0 aliphatic rings. The molecule has 1 aromatic carbocycles. The van der Waals surface area contributed by atoms with Gasteiger partial charge < -0.3 is 26.6 Å². The number of furan rings is 1. The van der Waals surface area contributed by atoms with E-state index in [1.165, 1.54) is 0 Å². The number of benzene rings is 1. The highest BCUT2D eigenvalue weighted by Gasteiger charge is 2.09. The minimum Gasteiger partial charge on any atom is -1.00 e. The Balaban J connectivity index is 0.00000264. The van der Waals surface area contributed by atoms with Gasteiger partial charge in [0.1, 0.15) is 11.5 Å². The lowest BCUT2D eigenvalue weighted by molar-refractivity contribution is -0.870. The zero-order valence-corrected chi connectivity index (χ0v) is 16.8. The molecular weight excluding hydrogens is 399 g/mol. The quantitative estimate of drug-likeness (QED) is 0.542. The van der Waals surface area contributed by atoms with E-state index >= 15 is 0 Å². The molecule has 0 saturated carbocycles. The summed E-state index contributed by atoms with van der Waals surface area (Å²) in [5.74, 6) is 1.80. The highest BCUT2D eigenvalue weighted by molar-refractivity contribution is 9.10. The summed E-state index contributed by atoms with van der Waals surface area (Å²) in [6.07, 6.45) is 1.15. The van der Waals surface area contributed by atoms with Crippen LogP contribution in [0.3, 0.4) is 0 Å². The molecule has 0 aliphatic carbocycles. The van der Waals surface area contributed by atoms with Gasteiger partial charge in [0.05, 0.1) is 34.2 Å². The highest BCUT2D eigenvalue weighted by Crippen LogP contribution is 2.31. The molecule has 2 aromatic rings. The number of quaternary nitrogens is 1. The highest BCUT2D eigenvalue weighted by atomic mass is 79.9. The van der Waals surface area contributed by atoms with Crippen LogP contribution in [0.5, 0.6) is 0 Å². The molecule has 6 heteroatoms. The molecule has 2 rings (SSSR count). The summed E-state index contributed by atoms with van der Waals surface area (Å²) >= 11 is 9.49. The molecule has 0 spiro atoms. The van der Waals surface area contributed by atoms with Crippen LogP contribution >= 0.6 is 27.5 Å². The lowest BCUT2D eigenvalue weighted by Crippen LogP contribution is -3.00. The van der Waals surface area contributed by atoms with Crippen LogP contribution < -0.4 is 17.7 Å². The van der Waals surface area contributed by atoms with Crippen LogP contribution in [0.1, 0.15) is 12.2 Å². The Morgan fingerprint density at radius 3 is 2.57 bits per heavy atom. The van der Waals surface area contributed by atoms with Gasteiger partial charge in [-0.15, -0.1) is 0 Å². The Morgan fingerprint density at radius 2 is 1.91 bits per heavy atom. The molecule has 1 heterocycles. The molecule has 128 valence electrons. The summed E-state index contributed by atoms with van der Waals surface area (Å²) in [7, 11) is 6.63. The van der Waals surface area contributed by atoms with Crippen molar-refractivity contribution in [3.63, 3.8) is 0 Å². The molecule has 0 radical (unpaired) electrons. The summed E-state index contributed by atoms with van der Waals surface area (Å²) in [5.41, 5.74) is 1.01. The van der Waals surface area contributed by atoms with Crippen molar-refractivity contribution in [3.8, 4) is 11.3 Å². The fourth-order valence-electron chi connectivity index (χ4n) is 2.20. The van der Waals surface area contributed by atoms with Crippen molar-refractivity contribution in [2.75, 3.05) is 34.2 Å². The molecular formula is C17H23BrCl2N2O. The van der Waals surface area contributed by atoms with Crippen molar-refractivity contribution in [1.82, 2.24) is 5.32 Å². The second kappa shape index (κ2) is 9.09. The lowest BCUT2D eigenvalue weighted by Gasteiger charge is -2.23. The second-order valence-electron chi connectivity index (χ2n) is 6.43. The van der Waals surface area contributed by atoms with Gasteiger partial charge >= 0.3 is 0 Å². The summed E-state index contributed by atoms with van der Waals surface area (Å²) < 4.78 is 7.84. The minimum absolute atomic E-state index is 0. The maximum absolute atomic E-state index is 5.97. The van der Waals surface area contributed by atoms with E-state index < -0.39 is 0 Å². The third-order valence-electron chi connectivity index (χ3n) is 3.34. The minimum atomic E-state index is 0. The Morgan fingerprint density at radius 1 is 1.17 bits per heavy atom. The number of nitrogens with one attached hydrogen (secondary N) is 1. The maximum atomic E-state index is 5.97. The molecule has 0 bridgehead atoms. The summed E-state index contributed by atoms with van der Waals surface area (Å²) in [6, 6.07) is 9.72. The lowest BCUT2D eigenvalue weighted by atomic mass is 10.2. The number of hydrogen-bond acceptors (Lipinski definition) is 2. The molecule has 1 aromatic heterocycles. The average Bonchev–Trinajstić information content (AvgIpc) is 2.85. The van der Waals surface area contributed by atoms with E-state index in [-0.39, 0.29) is 12.4 Å². The van der Waals surface area contributed by atoms with Gasteiger partial charge in [-0.2, -0.15) is 0 Å². The van der Waals surface area contributed by atoms with Crippen LogP contribution in [0.15, 0.2) is 39.2 Å². The van der Waals surface area contributed by atoms with Gasteiger partial charge in [-0.25, -0.2) is 0 Å². The monoisotopic (exact) mass is 420 g/mol. The van der Waals surface area contributed by atoms with E-state index in [1.807, 2.05) is 30.3 Å². The van der Waals surface area contributed by atoms with Crippen LogP contribution in [0.4, 0.5) is 0 Å². The standard InChI is InChI=1S/C17H23BrClN2O.ClH/c1-21(2,3)10-4-9-20-12-14-6-8-17(22-14)15-7-5-13(19)11-16(15)18;/h5-8,11,20H,4,9-10,12H2,1-3H3;1H/q+1;/p-1. The summed E-state index contributed by atoms with van der Waals surface area (Å²) in [4.78, 5) is 0. The molecule has 0 amide bonds. The molecule has 0 fully saturated rings. The normalized spacial score (nSPS) is 11.3. The third kappa shape index (κ3) is 6.86. The van der Waals surface area contributed by atoms with Gasteiger partial charge in [-0.1, -0.05) is 11.6 Å². The first kappa shape index (κ1) is 20.5. The van der Waals surface area contributed by atoms with Crippen LogP contribution in [0.2, 0.25) is 5.02 Å². The van der Waals surface area contributed by atoms with Crippen molar-refractivity contribution in [2.45, 2.75) is 13.0 Å². The van der Waals surface area contributed by atoms with Crippen molar-refractivity contribution < 1.29 is 21.3 Å². The Hall–Kier alpha value is -0.520. The molecule has 0 aliphatic heterocycles. The van der Waals surface area contributed by atoms with Crippen molar-refractivity contribution in [3.05, 3.63) is 45.6 Å². The van der Waals surface area contributed by atoms with E-state index in [9.17, 15) is 0 Å². The predicted molar refractivity (Wildman–Crippen MR) is 96.1 cm³/mol. The smallest absolute Gasteiger partial charge is 0.135 e. The van der Waals surface area contributed by atoms with Crippen molar-refractivity contribution >= 4 is 27.5 Å². The van der Waals surface area contributed by atoms with Crippen molar-refractivity contribution in [1.29, 1.82) is 0 Å². The number of nitrogens with zero attached hydrogens (tertiary/aromatic N) is 1. The zero-order valence-electron chi connectivity index (χ0n) is 13.7. The first-order chi connectivity index (χ1) is 10.3. The molecule has 0 saturated heterocycles. The summed E-state index contributed by atoms with van der Waals surface area (Å²) in [5, 5.41) is 4.14. The average molecular weight is 422 g/mol. The zero-order chi connectivity index (χ0) is 16.2. The first-order valence-electron chi connectivity index (χ1n) is 7.40. The van der Waals surface area contributed by atoms with Gasteiger partial charge in [0.2, 0.25) is 0 Å². The number of rotatable bonds is 7. The maximum Gasteiger partial charge on any atom is 0.135 e. The Bertz CT molecular complexity index is 623. The molecule has 3 nitrogen and oxygen atoms in total. The van der Waals surface area contributed by atoms with E-state index in [0.29, 0.717) is 5.02 Å². The van der Waals surface area contributed by atoms with Crippen LogP contribution in [-0.2, 0) is 6.54 Å². The fourth-order valence-corrected chi connectivity index (χ4v) is 3.08. The van der Waals surface area contributed by atoms with Crippen molar-refractivity contribution in [2.24, 2.45) is 0 Å². The fraction of sp³-hybridized carbons (Fsp3) is 0.412. The largest absolute Gasteiger partial charge is 1.00 e. The van der Waals surface area contributed by atoms with Crippen LogP contribution in [0.25, 0.3) is 11.3 Å². The van der Waals surface area contributed by atoms with Crippen LogP contribution in [0, 0.1) is 0 Å². The second-order valence-corrected chi connectivity index (χ2v) is 7.73. The molecule has 1 N–H and O–H groups in total.